The highest BCUT2D eigenvalue weighted by molar-refractivity contribution is 9.10. The fourth-order valence-electron chi connectivity index (χ4n) is 1.85. The standard InChI is InChI=1S/C15H14BrN3O2/c16-11-7-10(5-6-12(11)17)15(21)19-13-4-2-1-3-9(13)8-14(18)20/h1-7H,8,17H2,(H2,18,20)(H,19,21). The first-order valence-electron chi connectivity index (χ1n) is 6.20. The van der Waals surface area contributed by atoms with Crippen LogP contribution in [0.5, 0.6) is 0 Å². The molecular formula is C15H14BrN3O2. The minimum atomic E-state index is -0.452. The summed E-state index contributed by atoms with van der Waals surface area (Å²) < 4.78 is 0.653. The third-order valence-corrected chi connectivity index (χ3v) is 3.58. The molecule has 5 nitrogen and oxygen atoms in total. The van der Waals surface area contributed by atoms with Crippen LogP contribution in [0.1, 0.15) is 15.9 Å². The first kappa shape index (κ1) is 15.1. The Bertz CT molecular complexity index is 701. The Morgan fingerprint density at radius 2 is 1.86 bits per heavy atom. The lowest BCUT2D eigenvalue weighted by Gasteiger charge is -2.10. The van der Waals surface area contributed by atoms with Crippen LogP contribution in [0.4, 0.5) is 11.4 Å². The van der Waals surface area contributed by atoms with Gasteiger partial charge < -0.3 is 16.8 Å². The number of hydrogen-bond acceptors (Lipinski definition) is 3. The van der Waals surface area contributed by atoms with Crippen LogP contribution in [0.15, 0.2) is 46.9 Å². The summed E-state index contributed by atoms with van der Waals surface area (Å²) in [5.41, 5.74) is 13.1. The highest BCUT2D eigenvalue weighted by Gasteiger charge is 2.11. The number of rotatable bonds is 4. The number of benzene rings is 2. The summed E-state index contributed by atoms with van der Waals surface area (Å²) in [5, 5.41) is 2.77. The van der Waals surface area contributed by atoms with E-state index in [2.05, 4.69) is 21.2 Å². The van der Waals surface area contributed by atoms with Crippen molar-refractivity contribution in [2.75, 3.05) is 11.1 Å². The molecule has 0 aliphatic rings. The van der Waals surface area contributed by atoms with E-state index >= 15 is 0 Å². The predicted molar refractivity (Wildman–Crippen MR) is 85.8 cm³/mol. The molecule has 0 atom stereocenters. The Balaban J connectivity index is 2.23. The van der Waals surface area contributed by atoms with Crippen LogP contribution in [0.25, 0.3) is 0 Å². The number of nitrogen functional groups attached to an aromatic ring is 1. The number of carbonyl (C=O) groups excluding carboxylic acids is 2. The maximum absolute atomic E-state index is 12.2. The number of nitrogens with one attached hydrogen (secondary N) is 1. The molecule has 0 unspecified atom stereocenters. The largest absolute Gasteiger partial charge is 0.398 e. The van der Waals surface area contributed by atoms with Gasteiger partial charge in [0.05, 0.1) is 6.42 Å². The Kier molecular flexibility index (Phi) is 4.59. The molecule has 0 bridgehead atoms. The summed E-state index contributed by atoms with van der Waals surface area (Å²) >= 11 is 3.28. The molecule has 108 valence electrons. The van der Waals surface area contributed by atoms with Crippen molar-refractivity contribution in [1.82, 2.24) is 0 Å². The minimum absolute atomic E-state index is 0.0713. The molecule has 0 aliphatic heterocycles. The number of hydrogen-bond donors (Lipinski definition) is 3. The number of anilines is 2. The van der Waals surface area contributed by atoms with E-state index in [0.717, 1.165) is 0 Å². The summed E-state index contributed by atoms with van der Waals surface area (Å²) in [6.45, 7) is 0. The molecule has 0 saturated carbocycles. The summed E-state index contributed by atoms with van der Waals surface area (Å²) in [4.78, 5) is 23.3. The van der Waals surface area contributed by atoms with Crippen molar-refractivity contribution in [3.8, 4) is 0 Å². The lowest BCUT2D eigenvalue weighted by molar-refractivity contribution is -0.117. The second kappa shape index (κ2) is 6.41. The average Bonchev–Trinajstić information content (AvgIpc) is 2.43. The number of primary amides is 1. The van der Waals surface area contributed by atoms with Crippen LogP contribution >= 0.6 is 15.9 Å². The third kappa shape index (κ3) is 3.82. The summed E-state index contributed by atoms with van der Waals surface area (Å²) in [6, 6.07) is 12.0. The summed E-state index contributed by atoms with van der Waals surface area (Å²) in [7, 11) is 0. The van der Waals surface area contributed by atoms with E-state index in [9.17, 15) is 9.59 Å². The lowest BCUT2D eigenvalue weighted by Crippen LogP contribution is -2.17. The Morgan fingerprint density at radius 1 is 1.14 bits per heavy atom. The van der Waals surface area contributed by atoms with Gasteiger partial charge in [0.2, 0.25) is 5.91 Å². The first-order chi connectivity index (χ1) is 9.97. The maximum atomic E-state index is 12.2. The minimum Gasteiger partial charge on any atom is -0.398 e. The summed E-state index contributed by atoms with van der Waals surface area (Å²) in [6.07, 6.45) is 0.0713. The Labute approximate surface area is 130 Å². The van der Waals surface area contributed by atoms with Gasteiger partial charge in [-0.05, 0) is 45.8 Å². The van der Waals surface area contributed by atoms with Crippen LogP contribution in [-0.4, -0.2) is 11.8 Å². The van der Waals surface area contributed by atoms with Gasteiger partial charge in [0, 0.05) is 21.4 Å². The molecular weight excluding hydrogens is 334 g/mol. The van der Waals surface area contributed by atoms with E-state index in [1.54, 1.807) is 42.5 Å². The highest BCUT2D eigenvalue weighted by Crippen LogP contribution is 2.22. The average molecular weight is 348 g/mol. The van der Waals surface area contributed by atoms with Crippen LogP contribution in [0.3, 0.4) is 0 Å². The number of para-hydroxylation sites is 1. The molecule has 0 aliphatic carbocycles. The van der Waals surface area contributed by atoms with Crippen molar-refractivity contribution < 1.29 is 9.59 Å². The predicted octanol–water partition coefficient (Wildman–Crippen LogP) is 2.31. The molecule has 6 heteroatoms. The van der Waals surface area contributed by atoms with E-state index in [4.69, 9.17) is 11.5 Å². The maximum Gasteiger partial charge on any atom is 0.255 e. The quantitative estimate of drug-likeness (QED) is 0.740. The van der Waals surface area contributed by atoms with Crippen molar-refractivity contribution in [1.29, 1.82) is 0 Å². The van der Waals surface area contributed by atoms with E-state index in [1.165, 1.54) is 0 Å². The summed E-state index contributed by atoms with van der Waals surface area (Å²) in [5.74, 6) is -0.737. The van der Waals surface area contributed by atoms with Crippen molar-refractivity contribution in [3.05, 3.63) is 58.1 Å². The fourth-order valence-corrected chi connectivity index (χ4v) is 2.23. The molecule has 0 radical (unpaired) electrons. The molecule has 2 aromatic carbocycles. The molecule has 0 fully saturated rings. The van der Waals surface area contributed by atoms with Crippen molar-refractivity contribution in [2.24, 2.45) is 5.73 Å². The van der Waals surface area contributed by atoms with Gasteiger partial charge in [0.25, 0.3) is 5.91 Å². The zero-order valence-electron chi connectivity index (χ0n) is 11.1. The normalized spacial score (nSPS) is 10.1. The van der Waals surface area contributed by atoms with Gasteiger partial charge in [0.1, 0.15) is 0 Å². The first-order valence-corrected chi connectivity index (χ1v) is 6.99. The topological polar surface area (TPSA) is 98.2 Å². The van der Waals surface area contributed by atoms with Gasteiger partial charge in [-0.15, -0.1) is 0 Å². The van der Waals surface area contributed by atoms with Gasteiger partial charge >= 0.3 is 0 Å². The molecule has 0 saturated heterocycles. The van der Waals surface area contributed by atoms with E-state index in [1.807, 2.05) is 0 Å². The lowest BCUT2D eigenvalue weighted by atomic mass is 10.1. The number of halogens is 1. The molecule has 0 heterocycles. The van der Waals surface area contributed by atoms with Gasteiger partial charge in [-0.1, -0.05) is 18.2 Å². The van der Waals surface area contributed by atoms with Crippen LogP contribution < -0.4 is 16.8 Å². The van der Waals surface area contributed by atoms with E-state index in [0.29, 0.717) is 27.0 Å². The zero-order valence-corrected chi connectivity index (χ0v) is 12.7. The van der Waals surface area contributed by atoms with Crippen LogP contribution in [0.2, 0.25) is 0 Å². The smallest absolute Gasteiger partial charge is 0.255 e. The molecule has 2 rings (SSSR count). The van der Waals surface area contributed by atoms with E-state index < -0.39 is 5.91 Å². The van der Waals surface area contributed by atoms with Gasteiger partial charge in [-0.2, -0.15) is 0 Å². The van der Waals surface area contributed by atoms with Gasteiger partial charge in [-0.25, -0.2) is 0 Å². The van der Waals surface area contributed by atoms with Gasteiger partial charge in [0.15, 0.2) is 0 Å². The van der Waals surface area contributed by atoms with Crippen molar-refractivity contribution >= 4 is 39.1 Å². The Hall–Kier alpha value is -2.34. The monoisotopic (exact) mass is 347 g/mol. The third-order valence-electron chi connectivity index (χ3n) is 2.89. The van der Waals surface area contributed by atoms with Crippen LogP contribution in [0, 0.1) is 0 Å². The van der Waals surface area contributed by atoms with Crippen molar-refractivity contribution in [2.45, 2.75) is 6.42 Å². The number of amides is 2. The van der Waals surface area contributed by atoms with E-state index in [-0.39, 0.29) is 12.3 Å². The highest BCUT2D eigenvalue weighted by atomic mass is 79.9. The molecule has 0 spiro atoms. The molecule has 2 amide bonds. The van der Waals surface area contributed by atoms with Crippen LogP contribution in [-0.2, 0) is 11.2 Å². The Morgan fingerprint density at radius 3 is 2.52 bits per heavy atom. The van der Waals surface area contributed by atoms with Crippen molar-refractivity contribution in [3.63, 3.8) is 0 Å². The SMILES string of the molecule is NC(=O)Cc1ccccc1NC(=O)c1ccc(N)c(Br)c1. The second-order valence-electron chi connectivity index (χ2n) is 4.49. The molecule has 5 N–H and O–H groups in total. The zero-order chi connectivity index (χ0) is 15.4. The molecule has 2 aromatic rings. The second-order valence-corrected chi connectivity index (χ2v) is 5.34. The van der Waals surface area contributed by atoms with Gasteiger partial charge in [-0.3, -0.25) is 9.59 Å². The molecule has 0 aromatic heterocycles. The number of carbonyl (C=O) groups is 2. The molecule has 21 heavy (non-hydrogen) atoms. The number of nitrogens with two attached hydrogens (primary N) is 2. The fraction of sp³-hybridized carbons (Fsp3) is 0.0667.